The van der Waals surface area contributed by atoms with E-state index in [-0.39, 0.29) is 29.8 Å². The second-order valence-electron chi connectivity index (χ2n) is 9.60. The predicted octanol–water partition coefficient (Wildman–Crippen LogP) is 5.67. The van der Waals surface area contributed by atoms with Gasteiger partial charge >= 0.3 is 6.09 Å². The van der Waals surface area contributed by atoms with Crippen LogP contribution in [0.4, 0.5) is 10.5 Å². The molecule has 3 aromatic rings. The minimum absolute atomic E-state index is 0.0542. The molecule has 0 radical (unpaired) electrons. The molecule has 1 aliphatic rings. The zero-order chi connectivity index (χ0) is 26.0. The van der Waals surface area contributed by atoms with Crippen LogP contribution < -0.4 is 10.1 Å². The van der Waals surface area contributed by atoms with Crippen molar-refractivity contribution in [1.29, 1.82) is 5.26 Å². The number of hydrogen-bond donors (Lipinski definition) is 1. The quantitative estimate of drug-likeness (QED) is 0.458. The average Bonchev–Trinajstić information content (AvgIpc) is 3.14. The van der Waals surface area contributed by atoms with Crippen LogP contribution in [0, 0.1) is 11.3 Å². The fourth-order valence-electron chi connectivity index (χ4n) is 4.55. The van der Waals surface area contributed by atoms with E-state index in [0.29, 0.717) is 29.8 Å². The number of ether oxygens (including phenoxy) is 2. The normalized spacial score (nSPS) is 15.7. The summed E-state index contributed by atoms with van der Waals surface area (Å²) in [4.78, 5) is 11.9. The Morgan fingerprint density at radius 2 is 1.75 bits per heavy atom. The van der Waals surface area contributed by atoms with Crippen LogP contribution in [0.2, 0.25) is 0 Å². The molecule has 0 bridgehead atoms. The first-order valence-corrected chi connectivity index (χ1v) is 13.9. The van der Waals surface area contributed by atoms with Gasteiger partial charge in [-0.2, -0.15) is 5.26 Å². The third-order valence-electron chi connectivity index (χ3n) is 6.16. The van der Waals surface area contributed by atoms with E-state index in [9.17, 15) is 18.5 Å². The molecule has 1 saturated heterocycles. The van der Waals surface area contributed by atoms with E-state index >= 15 is 0 Å². The second-order valence-corrected chi connectivity index (χ2v) is 11.9. The Balaban J connectivity index is 1.68. The van der Waals surface area contributed by atoms with E-state index in [2.05, 4.69) is 29.8 Å². The lowest BCUT2D eigenvalue weighted by atomic mass is 10.1. The van der Waals surface area contributed by atoms with E-state index in [1.165, 1.54) is 0 Å². The summed E-state index contributed by atoms with van der Waals surface area (Å²) in [5.74, 6) is 0.946. The maximum absolute atomic E-state index is 11.9. The van der Waals surface area contributed by atoms with Gasteiger partial charge in [-0.1, -0.05) is 12.1 Å². The van der Waals surface area contributed by atoms with Gasteiger partial charge in [0, 0.05) is 23.2 Å². The topological polar surface area (TPSA) is 110 Å². The number of rotatable bonds is 6. The number of anilines is 1. The van der Waals surface area contributed by atoms with Crippen molar-refractivity contribution < 1.29 is 22.7 Å². The summed E-state index contributed by atoms with van der Waals surface area (Å²) in [6, 6.07) is 15.4. The third kappa shape index (κ3) is 5.49. The van der Waals surface area contributed by atoms with Crippen molar-refractivity contribution in [3.05, 3.63) is 48.0 Å². The minimum Gasteiger partial charge on any atom is -0.490 e. The standard InChI is InChI=1S/C27H31N3O5S/c1-17(2)30-25-15-22(35-21-11-13-36(32,33)14-12-21)9-10-23(25)24(16-28)26(30)19-5-7-20(8-6-19)29-27(31)34-18(3)4/h5-10,15,17-18,21H,11-14H2,1-4H3,(H,29,31). The van der Waals surface area contributed by atoms with E-state index in [1.807, 2.05) is 30.3 Å². The van der Waals surface area contributed by atoms with E-state index < -0.39 is 15.9 Å². The Labute approximate surface area is 211 Å². The van der Waals surface area contributed by atoms with Gasteiger partial charge in [0.25, 0.3) is 0 Å². The molecule has 9 heteroatoms. The number of aromatic nitrogens is 1. The summed E-state index contributed by atoms with van der Waals surface area (Å²) < 4.78 is 36.9. The van der Waals surface area contributed by atoms with Gasteiger partial charge in [-0.05, 0) is 70.4 Å². The number of carbonyl (C=O) groups is 1. The summed E-state index contributed by atoms with van der Waals surface area (Å²) in [6.45, 7) is 7.68. The monoisotopic (exact) mass is 509 g/mol. The van der Waals surface area contributed by atoms with Crippen molar-refractivity contribution in [2.45, 2.75) is 58.8 Å². The van der Waals surface area contributed by atoms with Crippen LogP contribution in [0.1, 0.15) is 52.1 Å². The summed E-state index contributed by atoms with van der Waals surface area (Å²) >= 11 is 0. The van der Waals surface area contributed by atoms with Crippen LogP contribution in [0.5, 0.6) is 5.75 Å². The molecule has 0 unspecified atom stereocenters. The largest absolute Gasteiger partial charge is 0.490 e. The predicted molar refractivity (Wildman–Crippen MR) is 140 cm³/mol. The van der Waals surface area contributed by atoms with Gasteiger partial charge in [0.05, 0.1) is 34.4 Å². The molecule has 0 atom stereocenters. The number of fused-ring (bicyclic) bond motifs is 1. The number of nitrogens with one attached hydrogen (secondary N) is 1. The highest BCUT2D eigenvalue weighted by molar-refractivity contribution is 7.91. The molecular formula is C27H31N3O5S. The molecule has 1 aliphatic heterocycles. The molecule has 1 fully saturated rings. The van der Waals surface area contributed by atoms with Crippen molar-refractivity contribution >= 4 is 32.5 Å². The number of amides is 1. The Bertz CT molecular complexity index is 1400. The average molecular weight is 510 g/mol. The molecule has 4 rings (SSSR count). The van der Waals surface area contributed by atoms with Crippen molar-refractivity contribution in [1.82, 2.24) is 4.57 Å². The molecule has 1 amide bonds. The van der Waals surface area contributed by atoms with Gasteiger partial charge in [0.1, 0.15) is 17.9 Å². The summed E-state index contributed by atoms with van der Waals surface area (Å²) in [7, 11) is -2.96. The SMILES string of the molecule is CC(C)OC(=O)Nc1ccc(-c2c(C#N)c3ccc(OC4CCS(=O)(=O)CC4)cc3n2C(C)C)cc1. The molecular weight excluding hydrogens is 478 g/mol. The second kappa shape index (κ2) is 10.2. The zero-order valence-corrected chi connectivity index (χ0v) is 21.8. The number of carbonyl (C=O) groups excluding carboxylic acids is 1. The lowest BCUT2D eigenvalue weighted by Gasteiger charge is -2.23. The molecule has 8 nitrogen and oxygen atoms in total. The maximum Gasteiger partial charge on any atom is 0.411 e. The van der Waals surface area contributed by atoms with Gasteiger partial charge in [-0.25, -0.2) is 13.2 Å². The first-order valence-electron chi connectivity index (χ1n) is 12.1. The van der Waals surface area contributed by atoms with E-state index in [0.717, 1.165) is 22.2 Å². The zero-order valence-electron chi connectivity index (χ0n) is 20.9. The van der Waals surface area contributed by atoms with Crippen LogP contribution in [-0.2, 0) is 14.6 Å². The van der Waals surface area contributed by atoms with E-state index in [4.69, 9.17) is 9.47 Å². The van der Waals surface area contributed by atoms with Crippen molar-refractivity contribution in [2.24, 2.45) is 0 Å². The summed E-state index contributed by atoms with van der Waals surface area (Å²) in [5.41, 5.74) is 3.67. The van der Waals surface area contributed by atoms with Crippen LogP contribution in [-0.4, -0.2) is 42.8 Å². The Kier molecular flexibility index (Phi) is 7.27. The first-order chi connectivity index (χ1) is 17.1. The number of nitrogens with zero attached hydrogens (tertiary/aromatic N) is 2. The van der Waals surface area contributed by atoms with Gasteiger partial charge in [-0.3, -0.25) is 5.32 Å². The molecule has 1 aromatic heterocycles. The lowest BCUT2D eigenvalue weighted by Crippen LogP contribution is -2.30. The smallest absolute Gasteiger partial charge is 0.411 e. The van der Waals surface area contributed by atoms with Gasteiger partial charge < -0.3 is 14.0 Å². The van der Waals surface area contributed by atoms with Gasteiger partial charge in [-0.15, -0.1) is 0 Å². The fraction of sp³-hybridized carbons (Fsp3) is 0.407. The number of sulfone groups is 1. The molecule has 0 spiro atoms. The summed E-state index contributed by atoms with van der Waals surface area (Å²) in [5, 5.41) is 13.6. The van der Waals surface area contributed by atoms with Gasteiger partial charge in [0.15, 0.2) is 9.84 Å². The Morgan fingerprint density at radius 1 is 1.08 bits per heavy atom. The van der Waals surface area contributed by atoms with Crippen LogP contribution >= 0.6 is 0 Å². The molecule has 190 valence electrons. The highest BCUT2D eigenvalue weighted by atomic mass is 32.2. The summed E-state index contributed by atoms with van der Waals surface area (Å²) in [6.07, 6.45) is 0.0707. The molecule has 2 aromatic carbocycles. The van der Waals surface area contributed by atoms with Crippen molar-refractivity contribution in [3.63, 3.8) is 0 Å². The molecule has 1 N–H and O–H groups in total. The minimum atomic E-state index is -2.96. The van der Waals surface area contributed by atoms with Crippen LogP contribution in [0.25, 0.3) is 22.2 Å². The van der Waals surface area contributed by atoms with Crippen molar-refractivity contribution in [3.8, 4) is 23.1 Å². The van der Waals surface area contributed by atoms with Crippen molar-refractivity contribution in [2.75, 3.05) is 16.8 Å². The number of nitriles is 1. The highest BCUT2D eigenvalue weighted by Gasteiger charge is 2.26. The molecule has 0 aliphatic carbocycles. The first kappa shape index (κ1) is 25.6. The van der Waals surface area contributed by atoms with Crippen LogP contribution in [0.3, 0.4) is 0 Å². The lowest BCUT2D eigenvalue weighted by molar-refractivity contribution is 0.130. The number of benzene rings is 2. The fourth-order valence-corrected chi connectivity index (χ4v) is 6.00. The Hall–Kier alpha value is -3.51. The van der Waals surface area contributed by atoms with Crippen LogP contribution in [0.15, 0.2) is 42.5 Å². The highest BCUT2D eigenvalue weighted by Crippen LogP contribution is 2.38. The molecule has 2 heterocycles. The maximum atomic E-state index is 11.9. The number of hydrogen-bond acceptors (Lipinski definition) is 6. The van der Waals surface area contributed by atoms with Gasteiger partial charge in [0.2, 0.25) is 0 Å². The Morgan fingerprint density at radius 3 is 2.33 bits per heavy atom. The third-order valence-corrected chi connectivity index (χ3v) is 7.87. The molecule has 36 heavy (non-hydrogen) atoms. The molecule has 0 saturated carbocycles. The van der Waals surface area contributed by atoms with E-state index in [1.54, 1.807) is 26.0 Å².